The van der Waals surface area contributed by atoms with Gasteiger partial charge in [0.15, 0.2) is 12.4 Å². The van der Waals surface area contributed by atoms with Crippen molar-refractivity contribution in [1.82, 2.24) is 0 Å². The van der Waals surface area contributed by atoms with Crippen LogP contribution in [0.2, 0.25) is 0 Å². The molecule has 2 amide bonds. The number of amides is 2. The van der Waals surface area contributed by atoms with Gasteiger partial charge in [-0.1, -0.05) is 24.3 Å². The molecule has 0 aromatic heterocycles. The van der Waals surface area contributed by atoms with Crippen molar-refractivity contribution in [3.63, 3.8) is 0 Å². The number of Topliss-reactive ketones (excluding diaryl/α,β-unsaturated/α-hetero) is 1. The summed E-state index contributed by atoms with van der Waals surface area (Å²) in [5.74, 6) is -3.03. The summed E-state index contributed by atoms with van der Waals surface area (Å²) in [5, 5.41) is 11.2. The third-order valence-corrected chi connectivity index (χ3v) is 6.87. The number of nitrogens with zero attached hydrogens (tertiary/aromatic N) is 2. The van der Waals surface area contributed by atoms with Gasteiger partial charge in [-0.3, -0.25) is 24.5 Å². The van der Waals surface area contributed by atoms with Crippen molar-refractivity contribution >= 4 is 34.9 Å². The zero-order valence-electron chi connectivity index (χ0n) is 18.6. The standard InChI is InChI=1S/C25H20N2O8/c1-34-20-9-8-13(11-18(20)27(32)33)19(28)12-35-25(31)16-4-2-3-5-17(16)26-23(29)21-14-6-7-15(10-14)22(21)24(26)30/h2-9,11,14-15,21-22H,10,12H2,1H3. The third kappa shape index (κ3) is 3.58. The maximum absolute atomic E-state index is 13.2. The highest BCUT2D eigenvalue weighted by atomic mass is 16.6. The highest BCUT2D eigenvalue weighted by molar-refractivity contribution is 6.24. The van der Waals surface area contributed by atoms with Gasteiger partial charge in [0.05, 0.1) is 35.1 Å². The number of nitro groups is 1. The molecule has 1 saturated heterocycles. The quantitative estimate of drug-likeness (QED) is 0.149. The number of ketones is 1. The summed E-state index contributed by atoms with van der Waals surface area (Å²) in [5.41, 5.74) is -0.328. The molecule has 0 radical (unpaired) electrons. The Labute approximate surface area is 199 Å². The molecule has 2 aliphatic carbocycles. The number of carbonyl (C=O) groups is 4. The van der Waals surface area contributed by atoms with Crippen molar-refractivity contribution in [3.05, 3.63) is 75.9 Å². The minimum Gasteiger partial charge on any atom is -0.490 e. The van der Waals surface area contributed by atoms with E-state index in [1.54, 1.807) is 12.1 Å². The fourth-order valence-corrected chi connectivity index (χ4v) is 5.28. The molecule has 5 rings (SSSR count). The molecular weight excluding hydrogens is 456 g/mol. The van der Waals surface area contributed by atoms with Crippen molar-refractivity contribution in [2.24, 2.45) is 23.7 Å². The molecule has 35 heavy (non-hydrogen) atoms. The molecule has 0 spiro atoms. The normalized spacial score (nSPS) is 24.0. The first-order valence-corrected chi connectivity index (χ1v) is 11.0. The zero-order chi connectivity index (χ0) is 24.9. The van der Waals surface area contributed by atoms with Crippen molar-refractivity contribution in [3.8, 4) is 5.75 Å². The number of esters is 1. The molecular formula is C25H20N2O8. The highest BCUT2D eigenvalue weighted by Crippen LogP contribution is 2.53. The van der Waals surface area contributed by atoms with Crippen LogP contribution >= 0.6 is 0 Å². The Morgan fingerprint density at radius 1 is 1.06 bits per heavy atom. The summed E-state index contributed by atoms with van der Waals surface area (Å²) in [7, 11) is 1.27. The molecule has 2 aromatic rings. The van der Waals surface area contributed by atoms with Gasteiger partial charge in [0.2, 0.25) is 17.6 Å². The number of para-hydroxylation sites is 1. The average Bonchev–Trinajstić information content (AvgIpc) is 3.55. The Bertz CT molecular complexity index is 1290. The number of allylic oxidation sites excluding steroid dienone is 2. The van der Waals surface area contributed by atoms with Crippen LogP contribution in [0.25, 0.3) is 0 Å². The van der Waals surface area contributed by atoms with Gasteiger partial charge in [-0.15, -0.1) is 0 Å². The third-order valence-electron chi connectivity index (χ3n) is 6.87. The molecule has 3 aliphatic rings. The maximum Gasteiger partial charge on any atom is 0.340 e. The summed E-state index contributed by atoms with van der Waals surface area (Å²) in [6, 6.07) is 9.75. The second-order valence-corrected chi connectivity index (χ2v) is 8.67. The monoisotopic (exact) mass is 476 g/mol. The number of ether oxygens (including phenoxy) is 2. The highest BCUT2D eigenvalue weighted by Gasteiger charge is 2.59. The molecule has 10 heteroatoms. The second kappa shape index (κ2) is 8.46. The average molecular weight is 476 g/mol. The number of anilines is 1. The summed E-state index contributed by atoms with van der Waals surface area (Å²) in [4.78, 5) is 63.3. The minimum atomic E-state index is -0.893. The van der Waals surface area contributed by atoms with Crippen molar-refractivity contribution < 1.29 is 33.6 Å². The fourth-order valence-electron chi connectivity index (χ4n) is 5.28. The predicted octanol–water partition coefficient (Wildman–Crippen LogP) is 2.95. The molecule has 0 N–H and O–H groups in total. The van der Waals surface area contributed by atoms with E-state index >= 15 is 0 Å². The van der Waals surface area contributed by atoms with Crippen LogP contribution < -0.4 is 9.64 Å². The van der Waals surface area contributed by atoms with Crippen LogP contribution in [-0.2, 0) is 14.3 Å². The van der Waals surface area contributed by atoms with E-state index in [1.165, 1.54) is 31.4 Å². The molecule has 2 fully saturated rings. The molecule has 2 bridgehead atoms. The van der Waals surface area contributed by atoms with Gasteiger partial charge in [-0.2, -0.15) is 0 Å². The lowest BCUT2D eigenvalue weighted by Gasteiger charge is -2.19. The topological polar surface area (TPSA) is 133 Å². The number of carbonyl (C=O) groups excluding carboxylic acids is 4. The van der Waals surface area contributed by atoms with Crippen LogP contribution in [0.15, 0.2) is 54.6 Å². The molecule has 1 heterocycles. The van der Waals surface area contributed by atoms with E-state index in [0.29, 0.717) is 0 Å². The lowest BCUT2D eigenvalue weighted by atomic mass is 9.85. The lowest BCUT2D eigenvalue weighted by molar-refractivity contribution is -0.385. The van der Waals surface area contributed by atoms with E-state index in [2.05, 4.69) is 0 Å². The van der Waals surface area contributed by atoms with E-state index in [1.807, 2.05) is 12.2 Å². The van der Waals surface area contributed by atoms with Crippen molar-refractivity contribution in [2.45, 2.75) is 6.42 Å². The molecule has 2 aromatic carbocycles. The Balaban J connectivity index is 1.34. The zero-order valence-corrected chi connectivity index (χ0v) is 18.6. The number of hydrogen-bond acceptors (Lipinski definition) is 8. The summed E-state index contributed by atoms with van der Waals surface area (Å²) in [6.45, 7) is -0.683. The number of rotatable bonds is 7. The Kier molecular flexibility index (Phi) is 5.43. The smallest absolute Gasteiger partial charge is 0.340 e. The minimum absolute atomic E-state index is 0.00850. The van der Waals surface area contributed by atoms with E-state index in [9.17, 15) is 29.3 Å². The molecule has 10 nitrogen and oxygen atoms in total. The Morgan fingerprint density at radius 3 is 2.34 bits per heavy atom. The van der Waals surface area contributed by atoms with Gasteiger partial charge >= 0.3 is 11.7 Å². The van der Waals surface area contributed by atoms with Crippen LogP contribution in [0, 0.1) is 33.8 Å². The number of hydrogen-bond donors (Lipinski definition) is 0. The van der Waals surface area contributed by atoms with Crippen LogP contribution in [0.4, 0.5) is 11.4 Å². The number of fused-ring (bicyclic) bond motifs is 5. The first-order valence-electron chi connectivity index (χ1n) is 11.0. The van der Waals surface area contributed by atoms with Gasteiger partial charge in [-0.05, 0) is 42.5 Å². The maximum atomic E-state index is 13.2. The van der Waals surface area contributed by atoms with Crippen molar-refractivity contribution in [1.29, 1.82) is 0 Å². The summed E-state index contributed by atoms with van der Waals surface area (Å²) < 4.78 is 10.1. The van der Waals surface area contributed by atoms with Crippen LogP contribution in [0.3, 0.4) is 0 Å². The van der Waals surface area contributed by atoms with E-state index < -0.39 is 40.8 Å². The SMILES string of the molecule is COc1ccc(C(=O)COC(=O)c2ccccc2N2C(=O)C3C4C=CC(C4)C3C2=O)cc1[N+](=O)[O-]. The molecule has 4 atom stereocenters. The molecule has 1 saturated carbocycles. The second-order valence-electron chi connectivity index (χ2n) is 8.67. The van der Waals surface area contributed by atoms with Gasteiger partial charge < -0.3 is 9.47 Å². The molecule has 178 valence electrons. The number of benzene rings is 2. The van der Waals surface area contributed by atoms with Crippen LogP contribution in [0.5, 0.6) is 5.75 Å². The van der Waals surface area contributed by atoms with Crippen molar-refractivity contribution in [2.75, 3.05) is 18.6 Å². The van der Waals surface area contributed by atoms with E-state index in [0.717, 1.165) is 17.4 Å². The largest absolute Gasteiger partial charge is 0.490 e. The first kappa shape index (κ1) is 22.5. The number of methoxy groups -OCH3 is 1. The first-order chi connectivity index (χ1) is 16.8. The Morgan fingerprint density at radius 2 is 1.71 bits per heavy atom. The number of imide groups is 1. The lowest BCUT2D eigenvalue weighted by Crippen LogP contribution is -2.34. The molecule has 1 aliphatic heterocycles. The van der Waals surface area contributed by atoms with Gasteiger partial charge in [-0.25, -0.2) is 9.69 Å². The number of nitro benzene ring substituents is 1. The summed E-state index contributed by atoms with van der Waals surface area (Å²) in [6.07, 6.45) is 4.75. The summed E-state index contributed by atoms with van der Waals surface area (Å²) >= 11 is 0. The molecule has 4 unspecified atom stereocenters. The fraction of sp³-hybridized carbons (Fsp3) is 0.280. The van der Waals surface area contributed by atoms with Crippen LogP contribution in [0.1, 0.15) is 27.1 Å². The van der Waals surface area contributed by atoms with Gasteiger partial charge in [0, 0.05) is 11.6 Å². The van der Waals surface area contributed by atoms with Crippen LogP contribution in [-0.4, -0.2) is 42.2 Å². The van der Waals surface area contributed by atoms with E-state index in [4.69, 9.17) is 9.47 Å². The van der Waals surface area contributed by atoms with Gasteiger partial charge in [0.25, 0.3) is 0 Å². The predicted molar refractivity (Wildman–Crippen MR) is 121 cm³/mol. The Hall–Kier alpha value is -4.34. The van der Waals surface area contributed by atoms with Gasteiger partial charge in [0.1, 0.15) is 0 Å². The van der Waals surface area contributed by atoms with E-state index in [-0.39, 0.29) is 46.2 Å².